The highest BCUT2D eigenvalue weighted by Crippen LogP contribution is 2.25. The maximum absolute atomic E-state index is 9.45. The van der Waals surface area contributed by atoms with Crippen LogP contribution < -0.4 is 5.32 Å². The van der Waals surface area contributed by atoms with Gasteiger partial charge in [0.1, 0.15) is 23.2 Å². The molecule has 1 N–H and O–H groups in total. The number of furan rings is 1. The third-order valence-corrected chi connectivity index (χ3v) is 4.61. The number of nitrogens with zero attached hydrogens (tertiary/aromatic N) is 4. The molecule has 1 fully saturated rings. The number of anilines is 1. The Kier molecular flexibility index (Phi) is 5.31. The highest BCUT2D eigenvalue weighted by molar-refractivity contribution is 5.55. The first-order valence-electron chi connectivity index (χ1n) is 8.46. The molecule has 0 amide bonds. The average Bonchev–Trinajstić information content (AvgIpc) is 3.05. The average molecular weight is 341 g/mol. The third kappa shape index (κ3) is 3.81. The predicted octanol–water partition coefficient (Wildman–Crippen LogP) is 2.35. The fraction of sp³-hybridized carbons (Fsp3) is 0.500. The molecule has 1 atom stereocenters. The Labute approximate surface area is 147 Å². The molecule has 132 valence electrons. The molecule has 2 aromatic heterocycles. The molecule has 0 spiro atoms. The molecule has 0 unspecified atom stereocenters. The summed E-state index contributed by atoms with van der Waals surface area (Å²) in [5, 5.41) is 21.1. The van der Waals surface area contributed by atoms with Gasteiger partial charge in [-0.05, 0) is 38.5 Å². The Morgan fingerprint density at radius 3 is 2.64 bits per heavy atom. The van der Waals surface area contributed by atoms with Crippen LogP contribution in [-0.2, 0) is 4.74 Å². The van der Waals surface area contributed by atoms with Crippen molar-refractivity contribution in [3.63, 3.8) is 0 Å². The van der Waals surface area contributed by atoms with Crippen molar-refractivity contribution in [1.82, 2.24) is 15.1 Å². The Morgan fingerprint density at radius 2 is 2.00 bits per heavy atom. The van der Waals surface area contributed by atoms with Crippen molar-refractivity contribution in [2.75, 3.05) is 38.2 Å². The molecule has 1 aliphatic heterocycles. The van der Waals surface area contributed by atoms with E-state index in [1.54, 1.807) is 0 Å². The van der Waals surface area contributed by atoms with Crippen molar-refractivity contribution in [3.8, 4) is 6.07 Å². The van der Waals surface area contributed by atoms with Crippen LogP contribution in [0.5, 0.6) is 0 Å². The predicted molar refractivity (Wildman–Crippen MR) is 93.3 cm³/mol. The van der Waals surface area contributed by atoms with E-state index in [2.05, 4.69) is 26.5 Å². The van der Waals surface area contributed by atoms with Crippen molar-refractivity contribution in [2.45, 2.75) is 26.8 Å². The SMILES string of the molecule is Cc1ccc([C@H](CNc2nnc(C)c(C)c2C#N)N2CCOCC2)o1. The van der Waals surface area contributed by atoms with Gasteiger partial charge in [-0.3, -0.25) is 4.90 Å². The number of aryl methyl sites for hydroxylation is 2. The molecule has 2 aromatic rings. The molecule has 3 rings (SSSR count). The van der Waals surface area contributed by atoms with Crippen molar-refractivity contribution < 1.29 is 9.15 Å². The van der Waals surface area contributed by atoms with Gasteiger partial charge in [0.25, 0.3) is 0 Å². The molecule has 1 aliphatic rings. The molecule has 0 radical (unpaired) electrons. The van der Waals surface area contributed by atoms with Gasteiger partial charge < -0.3 is 14.5 Å². The Hall–Kier alpha value is -2.43. The van der Waals surface area contributed by atoms with Gasteiger partial charge in [-0.15, -0.1) is 5.10 Å². The van der Waals surface area contributed by atoms with Gasteiger partial charge in [0.2, 0.25) is 0 Å². The zero-order chi connectivity index (χ0) is 17.8. The molecule has 0 saturated carbocycles. The first-order valence-corrected chi connectivity index (χ1v) is 8.46. The van der Waals surface area contributed by atoms with Crippen molar-refractivity contribution in [2.24, 2.45) is 0 Å². The van der Waals surface area contributed by atoms with Crippen LogP contribution in [0.3, 0.4) is 0 Å². The number of aromatic nitrogens is 2. The van der Waals surface area contributed by atoms with E-state index in [1.807, 2.05) is 32.9 Å². The second-order valence-corrected chi connectivity index (χ2v) is 6.24. The number of morpholine rings is 1. The summed E-state index contributed by atoms with van der Waals surface area (Å²) in [5.41, 5.74) is 2.18. The van der Waals surface area contributed by atoms with Crippen molar-refractivity contribution in [1.29, 1.82) is 5.26 Å². The summed E-state index contributed by atoms with van der Waals surface area (Å²) in [6.07, 6.45) is 0. The second-order valence-electron chi connectivity index (χ2n) is 6.24. The summed E-state index contributed by atoms with van der Waals surface area (Å²) in [7, 11) is 0. The lowest BCUT2D eigenvalue weighted by Crippen LogP contribution is -2.41. The van der Waals surface area contributed by atoms with Crippen molar-refractivity contribution >= 4 is 5.82 Å². The lowest BCUT2D eigenvalue weighted by atomic mass is 10.1. The summed E-state index contributed by atoms with van der Waals surface area (Å²) in [5.74, 6) is 2.31. The summed E-state index contributed by atoms with van der Waals surface area (Å²) in [4.78, 5) is 2.33. The van der Waals surface area contributed by atoms with E-state index in [4.69, 9.17) is 9.15 Å². The molecular weight excluding hydrogens is 318 g/mol. The minimum absolute atomic E-state index is 0.0487. The number of nitrogens with one attached hydrogen (secondary N) is 1. The zero-order valence-corrected chi connectivity index (χ0v) is 14.9. The summed E-state index contributed by atoms with van der Waals surface area (Å²) in [6, 6.07) is 6.26. The van der Waals surface area contributed by atoms with E-state index in [1.165, 1.54) is 0 Å². The monoisotopic (exact) mass is 341 g/mol. The van der Waals surface area contributed by atoms with Gasteiger partial charge >= 0.3 is 0 Å². The highest BCUT2D eigenvalue weighted by atomic mass is 16.5. The lowest BCUT2D eigenvalue weighted by Gasteiger charge is -2.33. The van der Waals surface area contributed by atoms with Gasteiger partial charge in [0, 0.05) is 19.6 Å². The summed E-state index contributed by atoms with van der Waals surface area (Å²) >= 11 is 0. The summed E-state index contributed by atoms with van der Waals surface area (Å²) < 4.78 is 11.3. The molecule has 25 heavy (non-hydrogen) atoms. The summed E-state index contributed by atoms with van der Waals surface area (Å²) in [6.45, 7) is 9.38. The molecular formula is C18H23N5O2. The normalized spacial score (nSPS) is 16.4. The minimum atomic E-state index is 0.0487. The fourth-order valence-electron chi connectivity index (χ4n) is 2.99. The van der Waals surface area contributed by atoms with Crippen LogP contribution in [0.25, 0.3) is 0 Å². The Bertz CT molecular complexity index is 774. The maximum atomic E-state index is 9.45. The number of nitriles is 1. The molecule has 7 heteroatoms. The van der Waals surface area contributed by atoms with Gasteiger partial charge in [0.15, 0.2) is 5.82 Å². The molecule has 0 bridgehead atoms. The van der Waals surface area contributed by atoms with Crippen LogP contribution in [0.1, 0.15) is 34.4 Å². The lowest BCUT2D eigenvalue weighted by molar-refractivity contribution is 0.0143. The van der Waals surface area contributed by atoms with Gasteiger partial charge in [0.05, 0.1) is 24.9 Å². The Morgan fingerprint density at radius 1 is 1.24 bits per heavy atom. The van der Waals surface area contributed by atoms with Crippen LogP contribution in [-0.4, -0.2) is 47.9 Å². The van der Waals surface area contributed by atoms with E-state index in [0.717, 1.165) is 35.9 Å². The van der Waals surface area contributed by atoms with Crippen LogP contribution in [0.4, 0.5) is 5.82 Å². The fourth-order valence-corrected chi connectivity index (χ4v) is 2.99. The molecule has 0 aliphatic carbocycles. The second kappa shape index (κ2) is 7.64. The van der Waals surface area contributed by atoms with E-state index in [0.29, 0.717) is 31.1 Å². The standard InChI is InChI=1S/C18H23N5O2/c1-12-4-5-17(25-12)16(23-6-8-24-9-7-23)11-20-18-15(10-19)13(2)14(3)21-22-18/h4-5,16H,6-9,11H2,1-3H3,(H,20,22)/t16-/m0/s1. The van der Waals surface area contributed by atoms with Crippen LogP contribution in [0.15, 0.2) is 16.5 Å². The number of hydrogen-bond acceptors (Lipinski definition) is 7. The van der Waals surface area contributed by atoms with Gasteiger partial charge in [-0.25, -0.2) is 0 Å². The van der Waals surface area contributed by atoms with E-state index >= 15 is 0 Å². The van der Waals surface area contributed by atoms with E-state index in [9.17, 15) is 5.26 Å². The van der Waals surface area contributed by atoms with Crippen LogP contribution in [0, 0.1) is 32.1 Å². The van der Waals surface area contributed by atoms with Gasteiger partial charge in [-0.1, -0.05) is 0 Å². The van der Waals surface area contributed by atoms with E-state index < -0.39 is 0 Å². The van der Waals surface area contributed by atoms with Crippen molar-refractivity contribution in [3.05, 3.63) is 40.5 Å². The van der Waals surface area contributed by atoms with Crippen LogP contribution >= 0.6 is 0 Å². The highest BCUT2D eigenvalue weighted by Gasteiger charge is 2.25. The largest absolute Gasteiger partial charge is 0.465 e. The minimum Gasteiger partial charge on any atom is -0.465 e. The Balaban J connectivity index is 1.82. The molecule has 7 nitrogen and oxygen atoms in total. The first-order chi connectivity index (χ1) is 12.1. The quantitative estimate of drug-likeness (QED) is 0.893. The smallest absolute Gasteiger partial charge is 0.167 e. The van der Waals surface area contributed by atoms with Gasteiger partial charge in [-0.2, -0.15) is 10.4 Å². The van der Waals surface area contributed by atoms with E-state index in [-0.39, 0.29) is 6.04 Å². The number of hydrogen-bond donors (Lipinski definition) is 1. The van der Waals surface area contributed by atoms with Crippen LogP contribution in [0.2, 0.25) is 0 Å². The number of ether oxygens (including phenoxy) is 1. The number of rotatable bonds is 5. The third-order valence-electron chi connectivity index (χ3n) is 4.61. The molecule has 0 aromatic carbocycles. The molecule has 3 heterocycles. The first kappa shape index (κ1) is 17.4. The maximum Gasteiger partial charge on any atom is 0.167 e. The molecule has 1 saturated heterocycles. The zero-order valence-electron chi connectivity index (χ0n) is 14.9. The topological polar surface area (TPSA) is 87.2 Å².